The van der Waals surface area contributed by atoms with Crippen LogP contribution < -0.4 is 10.6 Å². The number of benzene rings is 1. The van der Waals surface area contributed by atoms with E-state index in [1.165, 1.54) is 11.1 Å². The van der Waals surface area contributed by atoms with E-state index < -0.39 is 0 Å². The van der Waals surface area contributed by atoms with Gasteiger partial charge >= 0.3 is 0 Å². The molecule has 2 rings (SSSR count). The average Bonchev–Trinajstić information content (AvgIpc) is 3.03. The van der Waals surface area contributed by atoms with Crippen molar-refractivity contribution in [2.24, 2.45) is 0 Å². The van der Waals surface area contributed by atoms with Crippen LogP contribution in [0, 0.1) is 0 Å². The number of aryl methyl sites for hydroxylation is 2. The number of fused-ring (bicyclic) bond motifs is 1. The molecule has 0 aliphatic heterocycles. The van der Waals surface area contributed by atoms with Crippen molar-refractivity contribution >= 4 is 17.6 Å². The lowest BCUT2D eigenvalue weighted by Gasteiger charge is -2.07. The van der Waals surface area contributed by atoms with Gasteiger partial charge in [-0.2, -0.15) is 0 Å². The molecular weight excluding hydrogens is 292 g/mol. The molecule has 124 valence electrons. The standard InChI is InChI=1S/C18H24N2O3/c1-2-10-19-18(23)12-20-17(22)9-8-16(21)15-7-6-13-4-3-5-14(13)11-15/h6-7,11H,2-5,8-10,12H2,1H3,(H,19,23)(H,20,22). The Morgan fingerprint density at radius 2 is 1.78 bits per heavy atom. The van der Waals surface area contributed by atoms with Gasteiger partial charge in [0.05, 0.1) is 6.54 Å². The molecule has 0 atom stereocenters. The van der Waals surface area contributed by atoms with E-state index in [1.807, 2.05) is 25.1 Å². The minimum absolute atomic E-state index is 0.0229. The number of rotatable bonds is 8. The van der Waals surface area contributed by atoms with Gasteiger partial charge < -0.3 is 10.6 Å². The highest BCUT2D eigenvalue weighted by Crippen LogP contribution is 2.23. The third-order valence-corrected chi connectivity index (χ3v) is 4.02. The number of nitrogens with one attached hydrogen (secondary N) is 2. The first kappa shape index (κ1) is 17.2. The Morgan fingerprint density at radius 1 is 1.00 bits per heavy atom. The van der Waals surface area contributed by atoms with E-state index >= 15 is 0 Å². The van der Waals surface area contributed by atoms with E-state index in [0.717, 1.165) is 25.7 Å². The fourth-order valence-corrected chi connectivity index (χ4v) is 2.71. The van der Waals surface area contributed by atoms with Gasteiger partial charge in [0.1, 0.15) is 0 Å². The summed E-state index contributed by atoms with van der Waals surface area (Å²) in [6, 6.07) is 5.83. The lowest BCUT2D eigenvalue weighted by Crippen LogP contribution is -2.37. The number of hydrogen-bond donors (Lipinski definition) is 2. The Bertz CT molecular complexity index is 596. The highest BCUT2D eigenvalue weighted by molar-refractivity contribution is 5.98. The zero-order valence-electron chi connectivity index (χ0n) is 13.6. The highest BCUT2D eigenvalue weighted by Gasteiger charge is 2.15. The van der Waals surface area contributed by atoms with Crippen LogP contribution in [0.5, 0.6) is 0 Å². The SMILES string of the molecule is CCCNC(=O)CNC(=O)CCC(=O)c1ccc2c(c1)CCC2. The summed E-state index contributed by atoms with van der Waals surface area (Å²) in [5.41, 5.74) is 3.27. The number of Topliss-reactive ketones (excluding diaryl/α,β-unsaturated/α-hetero) is 1. The van der Waals surface area contributed by atoms with Gasteiger partial charge in [0.15, 0.2) is 5.78 Å². The first-order chi connectivity index (χ1) is 11.1. The molecular formula is C18H24N2O3. The van der Waals surface area contributed by atoms with Crippen molar-refractivity contribution in [3.05, 3.63) is 34.9 Å². The third kappa shape index (κ3) is 5.20. The Labute approximate surface area is 136 Å². The summed E-state index contributed by atoms with van der Waals surface area (Å²) in [7, 11) is 0. The quantitative estimate of drug-likeness (QED) is 0.718. The van der Waals surface area contributed by atoms with Crippen molar-refractivity contribution in [2.45, 2.75) is 45.4 Å². The minimum Gasteiger partial charge on any atom is -0.355 e. The van der Waals surface area contributed by atoms with Crippen LogP contribution in [0.1, 0.15) is 54.1 Å². The molecule has 1 aromatic carbocycles. The minimum atomic E-state index is -0.272. The van der Waals surface area contributed by atoms with Crippen LogP contribution in [-0.2, 0) is 22.4 Å². The van der Waals surface area contributed by atoms with Crippen LogP contribution >= 0.6 is 0 Å². The summed E-state index contributed by atoms with van der Waals surface area (Å²) in [4.78, 5) is 35.3. The number of hydrogen-bond acceptors (Lipinski definition) is 3. The molecule has 0 unspecified atom stereocenters. The van der Waals surface area contributed by atoms with Crippen molar-refractivity contribution in [1.29, 1.82) is 0 Å². The van der Waals surface area contributed by atoms with Crippen molar-refractivity contribution < 1.29 is 14.4 Å². The maximum absolute atomic E-state index is 12.2. The van der Waals surface area contributed by atoms with Gasteiger partial charge in [-0.15, -0.1) is 0 Å². The first-order valence-electron chi connectivity index (χ1n) is 8.28. The summed E-state index contributed by atoms with van der Waals surface area (Å²) in [6.07, 6.45) is 4.40. The van der Waals surface area contributed by atoms with Crippen molar-refractivity contribution in [2.75, 3.05) is 13.1 Å². The van der Waals surface area contributed by atoms with Crippen molar-refractivity contribution in [3.63, 3.8) is 0 Å². The van der Waals surface area contributed by atoms with E-state index in [-0.39, 0.29) is 37.0 Å². The highest BCUT2D eigenvalue weighted by atomic mass is 16.2. The monoisotopic (exact) mass is 316 g/mol. The van der Waals surface area contributed by atoms with Gasteiger partial charge in [-0.1, -0.05) is 19.1 Å². The molecule has 2 amide bonds. The molecule has 5 heteroatoms. The van der Waals surface area contributed by atoms with Gasteiger partial charge in [0.25, 0.3) is 0 Å². The van der Waals surface area contributed by atoms with E-state index in [0.29, 0.717) is 12.1 Å². The van der Waals surface area contributed by atoms with Crippen LogP contribution in [0.2, 0.25) is 0 Å². The van der Waals surface area contributed by atoms with Gasteiger partial charge in [0, 0.05) is 24.9 Å². The summed E-state index contributed by atoms with van der Waals surface area (Å²) in [6.45, 7) is 2.53. The fourth-order valence-electron chi connectivity index (χ4n) is 2.71. The molecule has 0 aromatic heterocycles. The van der Waals surface area contributed by atoms with Gasteiger partial charge in [-0.3, -0.25) is 14.4 Å². The number of carbonyl (C=O) groups is 3. The maximum atomic E-state index is 12.2. The van der Waals surface area contributed by atoms with Crippen LogP contribution in [-0.4, -0.2) is 30.7 Å². The molecule has 0 saturated carbocycles. The van der Waals surface area contributed by atoms with Crippen LogP contribution in [0.25, 0.3) is 0 Å². The zero-order chi connectivity index (χ0) is 16.7. The molecule has 0 bridgehead atoms. The number of amides is 2. The molecule has 23 heavy (non-hydrogen) atoms. The predicted octanol–water partition coefficient (Wildman–Crippen LogP) is 1.78. The van der Waals surface area contributed by atoms with Gasteiger partial charge in [-0.05, 0) is 42.9 Å². The second-order valence-electron chi connectivity index (χ2n) is 5.89. The third-order valence-electron chi connectivity index (χ3n) is 4.02. The maximum Gasteiger partial charge on any atom is 0.239 e. The largest absolute Gasteiger partial charge is 0.355 e. The van der Waals surface area contributed by atoms with Crippen molar-refractivity contribution in [1.82, 2.24) is 10.6 Å². The smallest absolute Gasteiger partial charge is 0.239 e. The topological polar surface area (TPSA) is 75.3 Å². The van der Waals surface area contributed by atoms with E-state index in [4.69, 9.17) is 0 Å². The van der Waals surface area contributed by atoms with E-state index in [1.54, 1.807) is 0 Å². The molecule has 2 N–H and O–H groups in total. The molecule has 0 spiro atoms. The van der Waals surface area contributed by atoms with Gasteiger partial charge in [-0.25, -0.2) is 0 Å². The van der Waals surface area contributed by atoms with Crippen LogP contribution in [0.3, 0.4) is 0 Å². The number of ketones is 1. The van der Waals surface area contributed by atoms with Crippen LogP contribution in [0.15, 0.2) is 18.2 Å². The predicted molar refractivity (Wildman–Crippen MR) is 88.3 cm³/mol. The fraction of sp³-hybridized carbons (Fsp3) is 0.500. The Balaban J connectivity index is 1.73. The molecule has 0 fully saturated rings. The second-order valence-corrected chi connectivity index (χ2v) is 5.89. The van der Waals surface area contributed by atoms with Gasteiger partial charge in [0.2, 0.25) is 11.8 Å². The summed E-state index contributed by atoms with van der Waals surface area (Å²) in [5.74, 6) is -0.499. The normalized spacial score (nSPS) is 12.6. The molecule has 1 aromatic rings. The summed E-state index contributed by atoms with van der Waals surface area (Å²) >= 11 is 0. The average molecular weight is 316 g/mol. The zero-order valence-corrected chi connectivity index (χ0v) is 13.6. The number of carbonyl (C=O) groups excluding carboxylic acids is 3. The lowest BCUT2D eigenvalue weighted by molar-refractivity contribution is -0.126. The molecule has 5 nitrogen and oxygen atoms in total. The lowest BCUT2D eigenvalue weighted by atomic mass is 10.0. The van der Waals surface area contributed by atoms with Crippen LogP contribution in [0.4, 0.5) is 0 Å². The van der Waals surface area contributed by atoms with Crippen molar-refractivity contribution in [3.8, 4) is 0 Å². The Morgan fingerprint density at radius 3 is 2.57 bits per heavy atom. The van der Waals surface area contributed by atoms with E-state index in [9.17, 15) is 14.4 Å². The molecule has 0 heterocycles. The summed E-state index contributed by atoms with van der Waals surface area (Å²) in [5, 5.41) is 5.22. The Kier molecular flexibility index (Phi) is 6.32. The summed E-state index contributed by atoms with van der Waals surface area (Å²) < 4.78 is 0. The van der Waals surface area contributed by atoms with E-state index in [2.05, 4.69) is 10.6 Å². The molecule has 1 aliphatic rings. The Hall–Kier alpha value is -2.17. The first-order valence-corrected chi connectivity index (χ1v) is 8.28. The second kappa shape index (κ2) is 8.46. The molecule has 0 radical (unpaired) electrons. The molecule has 0 saturated heterocycles. The molecule has 1 aliphatic carbocycles.